The smallest absolute Gasteiger partial charge is 0.205 e. The van der Waals surface area contributed by atoms with E-state index in [-0.39, 0.29) is 0 Å². The van der Waals surface area contributed by atoms with E-state index < -0.39 is 0 Å². The van der Waals surface area contributed by atoms with Gasteiger partial charge in [-0.3, -0.25) is 0 Å². The zero-order chi connectivity index (χ0) is 7.40. The highest BCUT2D eigenvalue weighted by atomic mass is 32.1. The molecule has 10 heavy (non-hydrogen) atoms. The zero-order valence-corrected chi connectivity index (χ0v) is 7.03. The highest BCUT2D eigenvalue weighted by Gasteiger charge is 1.98. The van der Waals surface area contributed by atoms with Crippen molar-refractivity contribution in [3.8, 4) is 0 Å². The number of anilines is 1. The maximum Gasteiger partial charge on any atom is 0.205 e. The van der Waals surface area contributed by atoms with Crippen LogP contribution in [0.25, 0.3) is 0 Å². The van der Waals surface area contributed by atoms with Crippen molar-refractivity contribution in [3.63, 3.8) is 0 Å². The Balaban J connectivity index is 2.59. The van der Waals surface area contributed by atoms with Crippen molar-refractivity contribution in [2.45, 2.75) is 20.3 Å². The van der Waals surface area contributed by atoms with Gasteiger partial charge in [0, 0.05) is 6.54 Å². The number of aromatic nitrogens is 2. The third kappa shape index (κ3) is 1.67. The van der Waals surface area contributed by atoms with E-state index in [2.05, 4.69) is 22.4 Å². The van der Waals surface area contributed by atoms with E-state index in [0.717, 1.165) is 23.1 Å². The molecule has 0 bridgehead atoms. The topological polar surface area (TPSA) is 37.8 Å². The highest BCUT2D eigenvalue weighted by Crippen LogP contribution is 2.14. The second kappa shape index (κ2) is 3.51. The van der Waals surface area contributed by atoms with Crippen LogP contribution in [0.5, 0.6) is 0 Å². The summed E-state index contributed by atoms with van der Waals surface area (Å²) in [4.78, 5) is 0. The molecular weight excluding hydrogens is 146 g/mol. The van der Waals surface area contributed by atoms with Crippen LogP contribution in [0.15, 0.2) is 0 Å². The lowest BCUT2D eigenvalue weighted by molar-refractivity contribution is 0.979. The van der Waals surface area contributed by atoms with E-state index in [1.807, 2.05) is 6.92 Å². The molecule has 1 aromatic heterocycles. The largest absolute Gasteiger partial charge is 0.360 e. The van der Waals surface area contributed by atoms with Crippen LogP contribution in [0.1, 0.15) is 18.9 Å². The molecule has 56 valence electrons. The van der Waals surface area contributed by atoms with Crippen LogP contribution in [0.4, 0.5) is 5.13 Å². The first-order valence-electron chi connectivity index (χ1n) is 3.43. The first-order chi connectivity index (χ1) is 4.86. The molecule has 1 aromatic rings. The van der Waals surface area contributed by atoms with Crippen LogP contribution in [0.2, 0.25) is 0 Å². The minimum absolute atomic E-state index is 0.915. The molecule has 0 spiro atoms. The molecule has 1 N–H and O–H groups in total. The summed E-state index contributed by atoms with van der Waals surface area (Å²) in [7, 11) is 0. The summed E-state index contributed by atoms with van der Waals surface area (Å²) in [5.74, 6) is 0. The molecule has 0 aliphatic rings. The van der Waals surface area contributed by atoms with Crippen molar-refractivity contribution in [2.75, 3.05) is 11.9 Å². The van der Waals surface area contributed by atoms with Gasteiger partial charge in [-0.25, -0.2) is 0 Å². The normalized spacial score (nSPS) is 9.80. The molecule has 3 nitrogen and oxygen atoms in total. The number of aryl methyl sites for hydroxylation is 1. The van der Waals surface area contributed by atoms with Gasteiger partial charge in [0.25, 0.3) is 0 Å². The van der Waals surface area contributed by atoms with Crippen LogP contribution in [0, 0.1) is 0 Å². The molecule has 0 saturated carbocycles. The second-order valence-electron chi connectivity index (χ2n) is 1.88. The lowest BCUT2D eigenvalue weighted by atomic mass is 10.5. The van der Waals surface area contributed by atoms with E-state index >= 15 is 0 Å². The van der Waals surface area contributed by atoms with Crippen LogP contribution >= 0.6 is 11.3 Å². The molecule has 1 heterocycles. The molecule has 0 aliphatic heterocycles. The van der Waals surface area contributed by atoms with Gasteiger partial charge in [0.2, 0.25) is 5.13 Å². The van der Waals surface area contributed by atoms with Gasteiger partial charge in [0.05, 0.1) is 0 Å². The lowest BCUT2D eigenvalue weighted by Crippen LogP contribution is -1.94. The van der Waals surface area contributed by atoms with E-state index in [0.29, 0.717) is 0 Å². The van der Waals surface area contributed by atoms with E-state index in [1.165, 1.54) is 0 Å². The number of nitrogens with one attached hydrogen (secondary N) is 1. The van der Waals surface area contributed by atoms with Crippen molar-refractivity contribution in [1.29, 1.82) is 0 Å². The first kappa shape index (κ1) is 7.47. The Morgan fingerprint density at radius 2 is 2.20 bits per heavy atom. The Kier molecular flexibility index (Phi) is 2.62. The standard InChI is InChI=1S/C6H11N3S/c1-3-5-8-9-6(10-5)7-4-2/h3-4H2,1-2H3,(H,7,9). The Hall–Kier alpha value is -0.640. The van der Waals surface area contributed by atoms with E-state index in [9.17, 15) is 0 Å². The maximum absolute atomic E-state index is 3.96. The fourth-order valence-electron chi connectivity index (χ4n) is 0.619. The molecule has 0 aliphatic carbocycles. The monoisotopic (exact) mass is 157 g/mol. The van der Waals surface area contributed by atoms with Crippen molar-refractivity contribution >= 4 is 16.5 Å². The number of nitrogens with zero attached hydrogens (tertiary/aromatic N) is 2. The van der Waals surface area contributed by atoms with Crippen molar-refractivity contribution in [2.24, 2.45) is 0 Å². The number of rotatable bonds is 3. The van der Waals surface area contributed by atoms with Crippen LogP contribution in [-0.2, 0) is 6.42 Å². The molecule has 0 atom stereocenters. The molecule has 0 radical (unpaired) electrons. The van der Waals surface area contributed by atoms with E-state index in [1.54, 1.807) is 11.3 Å². The average molecular weight is 157 g/mol. The molecule has 0 fully saturated rings. The summed E-state index contributed by atoms with van der Waals surface area (Å²) in [6, 6.07) is 0. The fraction of sp³-hybridized carbons (Fsp3) is 0.667. The SMILES string of the molecule is CCNc1nnc(CC)s1. The van der Waals surface area contributed by atoms with Crippen LogP contribution in [0.3, 0.4) is 0 Å². The van der Waals surface area contributed by atoms with Crippen molar-refractivity contribution in [1.82, 2.24) is 10.2 Å². The predicted molar refractivity (Wildman–Crippen MR) is 43.5 cm³/mol. The fourth-order valence-corrected chi connectivity index (χ4v) is 1.37. The summed E-state index contributed by atoms with van der Waals surface area (Å²) in [5.41, 5.74) is 0. The summed E-state index contributed by atoms with van der Waals surface area (Å²) >= 11 is 1.62. The molecule has 0 unspecified atom stereocenters. The summed E-state index contributed by atoms with van der Waals surface area (Å²) < 4.78 is 0. The Morgan fingerprint density at radius 1 is 1.40 bits per heavy atom. The van der Waals surface area contributed by atoms with E-state index in [4.69, 9.17) is 0 Å². The number of hydrogen-bond acceptors (Lipinski definition) is 4. The van der Waals surface area contributed by atoms with Gasteiger partial charge in [-0.2, -0.15) is 0 Å². The average Bonchev–Trinajstić information content (AvgIpc) is 2.37. The molecule has 0 amide bonds. The minimum atomic E-state index is 0.915. The Bertz CT molecular complexity index is 197. The van der Waals surface area contributed by atoms with Gasteiger partial charge in [0.1, 0.15) is 5.01 Å². The van der Waals surface area contributed by atoms with Gasteiger partial charge < -0.3 is 5.32 Å². The molecular formula is C6H11N3S. The van der Waals surface area contributed by atoms with Gasteiger partial charge >= 0.3 is 0 Å². The molecule has 0 aromatic carbocycles. The molecule has 0 saturated heterocycles. The third-order valence-corrected chi connectivity index (χ3v) is 2.12. The first-order valence-corrected chi connectivity index (χ1v) is 4.24. The summed E-state index contributed by atoms with van der Waals surface area (Å²) in [6.45, 7) is 5.04. The Morgan fingerprint density at radius 3 is 2.70 bits per heavy atom. The quantitative estimate of drug-likeness (QED) is 0.723. The van der Waals surface area contributed by atoms with Gasteiger partial charge in [0.15, 0.2) is 0 Å². The summed E-state index contributed by atoms with van der Waals surface area (Å²) in [6.07, 6.45) is 0.975. The minimum Gasteiger partial charge on any atom is -0.360 e. The molecule has 4 heteroatoms. The Labute approximate surface area is 64.5 Å². The van der Waals surface area contributed by atoms with Crippen LogP contribution < -0.4 is 5.32 Å². The summed E-state index contributed by atoms with van der Waals surface area (Å²) in [5, 5.41) is 13.0. The highest BCUT2D eigenvalue weighted by molar-refractivity contribution is 7.15. The maximum atomic E-state index is 3.96. The predicted octanol–water partition coefficient (Wildman–Crippen LogP) is 1.53. The lowest BCUT2D eigenvalue weighted by Gasteiger charge is -1.90. The van der Waals surface area contributed by atoms with Crippen molar-refractivity contribution in [3.05, 3.63) is 5.01 Å². The van der Waals surface area contributed by atoms with Crippen LogP contribution in [-0.4, -0.2) is 16.7 Å². The van der Waals surface area contributed by atoms with Gasteiger partial charge in [-0.15, -0.1) is 10.2 Å². The second-order valence-corrected chi connectivity index (χ2v) is 2.95. The zero-order valence-electron chi connectivity index (χ0n) is 6.22. The third-order valence-electron chi connectivity index (χ3n) is 1.10. The van der Waals surface area contributed by atoms with Gasteiger partial charge in [-0.05, 0) is 13.3 Å². The number of hydrogen-bond donors (Lipinski definition) is 1. The van der Waals surface area contributed by atoms with Crippen molar-refractivity contribution < 1.29 is 0 Å². The van der Waals surface area contributed by atoms with Gasteiger partial charge in [-0.1, -0.05) is 18.3 Å². The molecule has 1 rings (SSSR count).